The van der Waals surface area contributed by atoms with Gasteiger partial charge in [-0.3, -0.25) is 0 Å². The van der Waals surface area contributed by atoms with Crippen molar-refractivity contribution >= 4 is 23.2 Å². The van der Waals surface area contributed by atoms with Crippen molar-refractivity contribution in [1.29, 1.82) is 0 Å². The molecular weight excluding hydrogens is 291 g/mol. The van der Waals surface area contributed by atoms with Crippen LogP contribution in [0, 0.1) is 5.82 Å². The first-order chi connectivity index (χ1) is 10.3. The second-order valence-electron chi connectivity index (χ2n) is 4.98. The van der Waals surface area contributed by atoms with E-state index in [-0.39, 0.29) is 5.82 Å². The predicted molar refractivity (Wildman–Crippen MR) is 82.4 cm³/mol. The number of aromatic nitrogens is 2. The van der Waals surface area contributed by atoms with Crippen LogP contribution in [0.15, 0.2) is 36.7 Å². The highest BCUT2D eigenvalue weighted by Gasteiger charge is 2.19. The third kappa shape index (κ3) is 3.24. The smallest absolute Gasteiger partial charge is 0.225 e. The van der Waals surface area contributed by atoms with Gasteiger partial charge < -0.3 is 9.80 Å². The predicted octanol–water partition coefficient (Wildman–Crippen LogP) is 2.68. The molecule has 0 amide bonds. The van der Waals surface area contributed by atoms with E-state index in [4.69, 9.17) is 11.6 Å². The van der Waals surface area contributed by atoms with Crippen LogP contribution in [0.1, 0.15) is 5.56 Å². The summed E-state index contributed by atoms with van der Waals surface area (Å²) in [6.45, 7) is 3.42. The number of halogens is 2. The van der Waals surface area contributed by atoms with Gasteiger partial charge in [-0.1, -0.05) is 0 Å². The lowest BCUT2D eigenvalue weighted by Gasteiger charge is -2.36. The molecule has 4 nitrogen and oxygen atoms in total. The quantitative estimate of drug-likeness (QED) is 0.816. The van der Waals surface area contributed by atoms with Crippen molar-refractivity contribution in [2.45, 2.75) is 5.88 Å². The van der Waals surface area contributed by atoms with Crippen molar-refractivity contribution in [3.8, 4) is 0 Å². The van der Waals surface area contributed by atoms with Crippen molar-refractivity contribution in [2.24, 2.45) is 0 Å². The van der Waals surface area contributed by atoms with Crippen LogP contribution in [0.4, 0.5) is 16.0 Å². The molecule has 0 spiro atoms. The maximum Gasteiger partial charge on any atom is 0.225 e. The number of anilines is 2. The van der Waals surface area contributed by atoms with Gasteiger partial charge in [-0.05, 0) is 24.3 Å². The Morgan fingerprint density at radius 3 is 2.10 bits per heavy atom. The molecule has 6 heteroatoms. The minimum atomic E-state index is -0.204. The monoisotopic (exact) mass is 306 g/mol. The highest BCUT2D eigenvalue weighted by Crippen LogP contribution is 2.18. The summed E-state index contributed by atoms with van der Waals surface area (Å²) in [5, 5.41) is 0. The summed E-state index contributed by atoms with van der Waals surface area (Å²) in [7, 11) is 0. The van der Waals surface area contributed by atoms with Crippen molar-refractivity contribution < 1.29 is 4.39 Å². The normalized spacial score (nSPS) is 15.3. The first-order valence-corrected chi connectivity index (χ1v) is 7.42. The molecule has 3 rings (SSSR count). The highest BCUT2D eigenvalue weighted by atomic mass is 35.5. The van der Waals surface area contributed by atoms with E-state index in [1.54, 1.807) is 12.4 Å². The topological polar surface area (TPSA) is 32.3 Å². The zero-order valence-electron chi connectivity index (χ0n) is 11.5. The number of alkyl halides is 1. The van der Waals surface area contributed by atoms with Crippen LogP contribution in [-0.2, 0) is 5.88 Å². The molecular formula is C15H16ClFN4. The SMILES string of the molecule is Fc1ccc(N2CCN(c3ncc(CCl)cn3)CC2)cc1. The number of hydrogen-bond donors (Lipinski definition) is 0. The lowest BCUT2D eigenvalue weighted by atomic mass is 10.2. The molecule has 0 bridgehead atoms. The Bertz CT molecular complexity index is 580. The summed E-state index contributed by atoms with van der Waals surface area (Å²) in [6, 6.07) is 6.62. The summed E-state index contributed by atoms with van der Waals surface area (Å²) >= 11 is 5.74. The molecule has 1 aliphatic rings. The minimum Gasteiger partial charge on any atom is -0.368 e. The molecule has 1 fully saturated rings. The van der Waals surface area contributed by atoms with Crippen LogP contribution in [-0.4, -0.2) is 36.1 Å². The molecule has 1 saturated heterocycles. The number of hydrogen-bond acceptors (Lipinski definition) is 4. The maximum absolute atomic E-state index is 12.9. The fourth-order valence-electron chi connectivity index (χ4n) is 2.40. The van der Waals surface area contributed by atoms with Crippen LogP contribution in [0.5, 0.6) is 0 Å². The second-order valence-corrected chi connectivity index (χ2v) is 5.24. The summed E-state index contributed by atoms with van der Waals surface area (Å²) < 4.78 is 12.9. The molecule has 2 aromatic rings. The summed E-state index contributed by atoms with van der Waals surface area (Å²) in [6.07, 6.45) is 3.53. The Hall–Kier alpha value is -1.88. The Balaban J connectivity index is 1.62. The number of rotatable bonds is 3. The van der Waals surface area contributed by atoms with Gasteiger partial charge in [-0.15, -0.1) is 11.6 Å². The van der Waals surface area contributed by atoms with E-state index in [0.29, 0.717) is 5.88 Å². The van der Waals surface area contributed by atoms with Crippen molar-refractivity contribution in [3.05, 3.63) is 48.0 Å². The fourth-order valence-corrected chi connectivity index (χ4v) is 2.53. The zero-order valence-corrected chi connectivity index (χ0v) is 12.3. The van der Waals surface area contributed by atoms with Crippen LogP contribution >= 0.6 is 11.6 Å². The van der Waals surface area contributed by atoms with Crippen molar-refractivity contribution in [3.63, 3.8) is 0 Å². The number of piperazine rings is 1. The first kappa shape index (κ1) is 14.1. The van der Waals surface area contributed by atoms with Crippen molar-refractivity contribution in [2.75, 3.05) is 36.0 Å². The average Bonchev–Trinajstić information content (AvgIpc) is 2.56. The lowest BCUT2D eigenvalue weighted by Crippen LogP contribution is -2.47. The maximum atomic E-state index is 12.9. The van der Waals surface area contributed by atoms with Gasteiger partial charge in [0.25, 0.3) is 0 Å². The van der Waals surface area contributed by atoms with E-state index in [0.717, 1.165) is 43.4 Å². The summed E-state index contributed by atoms with van der Waals surface area (Å²) in [4.78, 5) is 13.1. The standard InChI is InChI=1S/C15H16ClFN4/c16-9-12-10-18-15(19-11-12)21-7-5-20(6-8-21)14-3-1-13(17)2-4-14/h1-4,10-11H,5-9H2. The van der Waals surface area contributed by atoms with E-state index in [1.807, 2.05) is 12.1 Å². The molecule has 0 unspecified atom stereocenters. The summed E-state index contributed by atoms with van der Waals surface area (Å²) in [5.41, 5.74) is 1.97. The van der Waals surface area contributed by atoms with Crippen LogP contribution in [0.2, 0.25) is 0 Å². The van der Waals surface area contributed by atoms with Gasteiger partial charge >= 0.3 is 0 Å². The van der Waals surface area contributed by atoms with Crippen LogP contribution in [0.3, 0.4) is 0 Å². The van der Waals surface area contributed by atoms with Crippen molar-refractivity contribution in [1.82, 2.24) is 9.97 Å². The van der Waals surface area contributed by atoms with Crippen LogP contribution in [0.25, 0.3) is 0 Å². The Morgan fingerprint density at radius 1 is 0.952 bits per heavy atom. The highest BCUT2D eigenvalue weighted by molar-refractivity contribution is 6.17. The van der Waals surface area contributed by atoms with Gasteiger partial charge in [-0.2, -0.15) is 0 Å². The third-order valence-electron chi connectivity index (χ3n) is 3.60. The molecule has 21 heavy (non-hydrogen) atoms. The van der Waals surface area contributed by atoms with E-state index in [1.165, 1.54) is 12.1 Å². The molecule has 1 aromatic heterocycles. The van der Waals surface area contributed by atoms with E-state index < -0.39 is 0 Å². The molecule has 0 aliphatic carbocycles. The van der Waals surface area contributed by atoms with Gasteiger partial charge in [0.1, 0.15) is 5.82 Å². The Labute approximate surface area is 128 Å². The van der Waals surface area contributed by atoms with Gasteiger partial charge in [0.2, 0.25) is 5.95 Å². The molecule has 1 aliphatic heterocycles. The van der Waals surface area contributed by atoms with Gasteiger partial charge in [-0.25, -0.2) is 14.4 Å². The Morgan fingerprint density at radius 2 is 1.52 bits per heavy atom. The zero-order chi connectivity index (χ0) is 14.7. The number of nitrogens with zero attached hydrogens (tertiary/aromatic N) is 4. The average molecular weight is 307 g/mol. The largest absolute Gasteiger partial charge is 0.368 e. The van der Waals surface area contributed by atoms with E-state index in [2.05, 4.69) is 19.8 Å². The number of benzene rings is 1. The third-order valence-corrected chi connectivity index (χ3v) is 3.91. The van der Waals surface area contributed by atoms with E-state index in [9.17, 15) is 4.39 Å². The Kier molecular flexibility index (Phi) is 4.20. The summed E-state index contributed by atoms with van der Waals surface area (Å²) in [5.74, 6) is 0.964. The molecule has 110 valence electrons. The van der Waals surface area contributed by atoms with Gasteiger partial charge in [0.15, 0.2) is 0 Å². The first-order valence-electron chi connectivity index (χ1n) is 6.88. The molecule has 0 N–H and O–H groups in total. The molecule has 0 saturated carbocycles. The lowest BCUT2D eigenvalue weighted by molar-refractivity contribution is 0.623. The fraction of sp³-hybridized carbons (Fsp3) is 0.333. The molecule has 2 heterocycles. The van der Waals surface area contributed by atoms with Gasteiger partial charge in [0, 0.05) is 49.8 Å². The molecule has 1 aromatic carbocycles. The molecule has 0 atom stereocenters. The van der Waals surface area contributed by atoms with Crippen LogP contribution < -0.4 is 9.80 Å². The molecule has 0 radical (unpaired) electrons. The minimum absolute atomic E-state index is 0.204. The van der Waals surface area contributed by atoms with E-state index >= 15 is 0 Å². The second kappa shape index (κ2) is 6.26. The van der Waals surface area contributed by atoms with Gasteiger partial charge in [0.05, 0.1) is 5.88 Å².